The Kier molecular flexibility index (Phi) is 4.83. The summed E-state index contributed by atoms with van der Waals surface area (Å²) in [5.41, 5.74) is 9.67. The number of nitrogens with two attached hydrogens (primary N) is 1. The molecule has 2 atom stereocenters. The van der Waals surface area contributed by atoms with Gasteiger partial charge in [-0.1, -0.05) is 47.7 Å². The fourth-order valence-electron chi connectivity index (χ4n) is 3.08. The summed E-state index contributed by atoms with van der Waals surface area (Å²) in [6.45, 7) is 0. The maximum Gasteiger partial charge on any atom is 0.273 e. The molecule has 3 aromatic rings. The van der Waals surface area contributed by atoms with Crippen LogP contribution in [0.2, 0.25) is 0 Å². The maximum absolute atomic E-state index is 12.5. The van der Waals surface area contributed by atoms with E-state index in [9.17, 15) is 4.79 Å². The highest BCUT2D eigenvalue weighted by Crippen LogP contribution is 2.29. The topological polar surface area (TPSA) is 85.8 Å². The summed E-state index contributed by atoms with van der Waals surface area (Å²) < 4.78 is 1.58. The number of fused-ring (bicyclic) bond motifs is 1. The molecule has 1 amide bonds. The Morgan fingerprint density at radius 3 is 2.60 bits per heavy atom. The average molecular weight is 356 g/mol. The van der Waals surface area contributed by atoms with Gasteiger partial charge in [-0.15, -0.1) is 17.5 Å². The molecule has 25 heavy (non-hydrogen) atoms. The number of rotatable bonds is 3. The van der Waals surface area contributed by atoms with Crippen molar-refractivity contribution in [2.75, 3.05) is 0 Å². The third kappa shape index (κ3) is 3.26. The van der Waals surface area contributed by atoms with Gasteiger partial charge in [0.05, 0.1) is 24.0 Å². The van der Waals surface area contributed by atoms with Gasteiger partial charge in [0.25, 0.3) is 5.91 Å². The van der Waals surface area contributed by atoms with Crippen molar-refractivity contribution in [3.05, 3.63) is 77.6 Å². The molecule has 0 saturated heterocycles. The summed E-state index contributed by atoms with van der Waals surface area (Å²) in [5, 5.41) is 11.0. The molecule has 2 aromatic carbocycles. The molecule has 0 saturated carbocycles. The monoisotopic (exact) mass is 355 g/mol. The first-order chi connectivity index (χ1) is 11.7. The van der Waals surface area contributed by atoms with Crippen molar-refractivity contribution >= 4 is 18.3 Å². The summed E-state index contributed by atoms with van der Waals surface area (Å²) in [5.74, 6) is -0.259. The number of benzene rings is 2. The van der Waals surface area contributed by atoms with E-state index >= 15 is 0 Å². The van der Waals surface area contributed by atoms with Gasteiger partial charge in [-0.05, 0) is 29.7 Å². The van der Waals surface area contributed by atoms with E-state index in [1.54, 1.807) is 10.9 Å². The highest BCUT2D eigenvalue weighted by molar-refractivity contribution is 5.92. The van der Waals surface area contributed by atoms with Gasteiger partial charge >= 0.3 is 0 Å². The van der Waals surface area contributed by atoms with Crippen molar-refractivity contribution in [1.29, 1.82) is 0 Å². The molecular weight excluding hydrogens is 338 g/mol. The zero-order valence-electron chi connectivity index (χ0n) is 13.4. The molecule has 0 unspecified atom stereocenters. The zero-order chi connectivity index (χ0) is 16.5. The lowest BCUT2D eigenvalue weighted by molar-refractivity contribution is 0.0928. The van der Waals surface area contributed by atoms with Crippen LogP contribution in [0.3, 0.4) is 0 Å². The standard InChI is InChI=1S/C18H17N5O.ClH/c19-17-14-9-5-4-6-12(14)10-15(17)20-18(24)16-11-23(22-21-16)13-7-2-1-3-8-13;/h1-9,11,15,17H,10,19H2,(H,20,24);1H/t15-,17-;/m1./s1. The molecule has 0 bridgehead atoms. The highest BCUT2D eigenvalue weighted by Gasteiger charge is 2.31. The minimum absolute atomic E-state index is 0. The summed E-state index contributed by atoms with van der Waals surface area (Å²) in [7, 11) is 0. The molecule has 128 valence electrons. The van der Waals surface area contributed by atoms with Crippen molar-refractivity contribution < 1.29 is 4.79 Å². The second-order valence-corrected chi connectivity index (χ2v) is 5.89. The molecule has 6 nitrogen and oxygen atoms in total. The molecule has 0 spiro atoms. The van der Waals surface area contributed by atoms with E-state index < -0.39 is 0 Å². The predicted molar refractivity (Wildman–Crippen MR) is 96.9 cm³/mol. The molecular formula is C18H18ClN5O. The molecule has 0 fully saturated rings. The largest absolute Gasteiger partial charge is 0.346 e. The first-order valence-corrected chi connectivity index (χ1v) is 7.84. The van der Waals surface area contributed by atoms with Crippen LogP contribution in [0.5, 0.6) is 0 Å². The van der Waals surface area contributed by atoms with Gasteiger partial charge in [0, 0.05) is 0 Å². The molecule has 1 heterocycles. The van der Waals surface area contributed by atoms with Gasteiger partial charge in [-0.3, -0.25) is 4.79 Å². The van der Waals surface area contributed by atoms with Crippen molar-refractivity contribution in [3.63, 3.8) is 0 Å². The first kappa shape index (κ1) is 17.1. The number of nitrogens with one attached hydrogen (secondary N) is 1. The lowest BCUT2D eigenvalue weighted by Gasteiger charge is -2.16. The lowest BCUT2D eigenvalue weighted by Crippen LogP contribution is -2.40. The van der Waals surface area contributed by atoms with E-state index in [1.165, 1.54) is 5.56 Å². The fourth-order valence-corrected chi connectivity index (χ4v) is 3.08. The van der Waals surface area contributed by atoms with Crippen LogP contribution in [0.15, 0.2) is 60.8 Å². The number of carbonyl (C=O) groups excluding carboxylic acids is 1. The van der Waals surface area contributed by atoms with Crippen LogP contribution >= 0.6 is 12.4 Å². The molecule has 1 aliphatic rings. The number of aromatic nitrogens is 3. The summed E-state index contributed by atoms with van der Waals surface area (Å²) in [4.78, 5) is 12.5. The van der Waals surface area contributed by atoms with Crippen molar-refractivity contribution in [1.82, 2.24) is 20.3 Å². The Morgan fingerprint density at radius 1 is 1.12 bits per heavy atom. The Balaban J connectivity index is 0.00000182. The number of amides is 1. The quantitative estimate of drug-likeness (QED) is 0.752. The Morgan fingerprint density at radius 2 is 1.84 bits per heavy atom. The number of hydrogen-bond acceptors (Lipinski definition) is 4. The van der Waals surface area contributed by atoms with E-state index in [4.69, 9.17) is 5.73 Å². The van der Waals surface area contributed by atoms with Crippen LogP contribution in [-0.2, 0) is 6.42 Å². The number of halogens is 1. The molecule has 4 rings (SSSR count). The molecule has 3 N–H and O–H groups in total. The fraction of sp³-hybridized carbons (Fsp3) is 0.167. The number of hydrogen-bond donors (Lipinski definition) is 2. The zero-order valence-corrected chi connectivity index (χ0v) is 14.2. The molecule has 0 aliphatic heterocycles. The number of nitrogens with zero attached hydrogens (tertiary/aromatic N) is 3. The van der Waals surface area contributed by atoms with E-state index in [2.05, 4.69) is 15.6 Å². The SMILES string of the molecule is Cl.N[C@@H]1c2ccccc2C[C@H]1NC(=O)c1cn(-c2ccccc2)nn1. The third-order valence-electron chi connectivity index (χ3n) is 4.35. The average Bonchev–Trinajstić information content (AvgIpc) is 3.22. The van der Waals surface area contributed by atoms with Gasteiger partial charge in [-0.2, -0.15) is 0 Å². The summed E-state index contributed by atoms with van der Waals surface area (Å²) in [6, 6.07) is 17.2. The van der Waals surface area contributed by atoms with Crippen LogP contribution in [0.4, 0.5) is 0 Å². The lowest BCUT2D eigenvalue weighted by atomic mass is 10.1. The maximum atomic E-state index is 12.5. The van der Waals surface area contributed by atoms with Crippen molar-refractivity contribution in [2.45, 2.75) is 18.5 Å². The predicted octanol–water partition coefficient (Wildman–Crippen LogP) is 2.04. The van der Waals surface area contributed by atoms with E-state index in [0.717, 1.165) is 17.7 Å². The summed E-state index contributed by atoms with van der Waals surface area (Å²) in [6.07, 6.45) is 2.36. The normalized spacial score (nSPS) is 18.3. The number of carbonyl (C=O) groups is 1. The first-order valence-electron chi connectivity index (χ1n) is 7.84. The van der Waals surface area contributed by atoms with Gasteiger partial charge < -0.3 is 11.1 Å². The van der Waals surface area contributed by atoms with Gasteiger partial charge in [0.1, 0.15) is 0 Å². The molecule has 1 aliphatic carbocycles. The molecule has 0 radical (unpaired) electrons. The van der Waals surface area contributed by atoms with E-state index in [-0.39, 0.29) is 36.1 Å². The van der Waals surface area contributed by atoms with Gasteiger partial charge in [-0.25, -0.2) is 4.68 Å². The van der Waals surface area contributed by atoms with Crippen LogP contribution in [0.1, 0.15) is 27.7 Å². The third-order valence-corrected chi connectivity index (χ3v) is 4.35. The van der Waals surface area contributed by atoms with E-state index in [1.807, 2.05) is 54.6 Å². The minimum Gasteiger partial charge on any atom is -0.346 e. The second kappa shape index (κ2) is 7.04. The summed E-state index contributed by atoms with van der Waals surface area (Å²) >= 11 is 0. The van der Waals surface area contributed by atoms with Crippen LogP contribution in [0.25, 0.3) is 5.69 Å². The van der Waals surface area contributed by atoms with Crippen LogP contribution in [0, 0.1) is 0 Å². The Bertz CT molecular complexity index is 880. The molecule has 7 heteroatoms. The van der Waals surface area contributed by atoms with Crippen molar-refractivity contribution in [3.8, 4) is 5.69 Å². The van der Waals surface area contributed by atoms with Gasteiger partial charge in [0.15, 0.2) is 5.69 Å². The van der Waals surface area contributed by atoms with Crippen LogP contribution < -0.4 is 11.1 Å². The highest BCUT2D eigenvalue weighted by atomic mass is 35.5. The van der Waals surface area contributed by atoms with Crippen molar-refractivity contribution in [2.24, 2.45) is 5.73 Å². The second-order valence-electron chi connectivity index (χ2n) is 5.89. The smallest absolute Gasteiger partial charge is 0.273 e. The van der Waals surface area contributed by atoms with Crippen LogP contribution in [-0.4, -0.2) is 26.9 Å². The molecule has 1 aromatic heterocycles. The van der Waals surface area contributed by atoms with E-state index in [0.29, 0.717) is 0 Å². The number of para-hydroxylation sites is 1. The Labute approximate surface area is 151 Å². The minimum atomic E-state index is -0.259. The Hall–Kier alpha value is -2.70. The van der Waals surface area contributed by atoms with Gasteiger partial charge in [0.2, 0.25) is 0 Å².